The molecule has 0 radical (unpaired) electrons. The van der Waals surface area contributed by atoms with Gasteiger partial charge < -0.3 is 4.90 Å². The number of benzene rings is 1. The first-order valence-corrected chi connectivity index (χ1v) is 9.46. The van der Waals surface area contributed by atoms with Crippen molar-refractivity contribution >= 4 is 22.2 Å². The smallest absolute Gasteiger partial charge is 0.175 e. The highest BCUT2D eigenvalue weighted by Crippen LogP contribution is 2.29. The van der Waals surface area contributed by atoms with Crippen molar-refractivity contribution in [2.75, 3.05) is 25.3 Å². The van der Waals surface area contributed by atoms with Gasteiger partial charge in [-0.1, -0.05) is 22.8 Å². The van der Waals surface area contributed by atoms with Crippen LogP contribution in [0.5, 0.6) is 0 Å². The highest BCUT2D eigenvalue weighted by molar-refractivity contribution is 7.85. The van der Waals surface area contributed by atoms with E-state index in [1.807, 2.05) is 44.3 Å². The maximum absolute atomic E-state index is 9.59. The zero-order chi connectivity index (χ0) is 18.1. The van der Waals surface area contributed by atoms with E-state index in [0.29, 0.717) is 17.6 Å². The van der Waals surface area contributed by atoms with Crippen molar-refractivity contribution in [1.82, 2.24) is 14.6 Å². The molecule has 2 heterocycles. The summed E-state index contributed by atoms with van der Waals surface area (Å²) in [7, 11) is 3.45. The van der Waals surface area contributed by atoms with Crippen LogP contribution in [-0.4, -0.2) is 34.9 Å². The quantitative estimate of drug-likeness (QED) is 0.783. The normalized spacial score (nSPS) is 12.1. The summed E-state index contributed by atoms with van der Waals surface area (Å²) in [6, 6.07) is 10.4. The van der Waals surface area contributed by atoms with Gasteiger partial charge in [0.15, 0.2) is 5.65 Å². The van der Waals surface area contributed by atoms with E-state index in [1.54, 1.807) is 4.52 Å². The molecule has 0 saturated heterocycles. The molecule has 25 heavy (non-hydrogen) atoms. The number of anilines is 1. The Morgan fingerprint density at radius 2 is 1.96 bits per heavy atom. The van der Waals surface area contributed by atoms with Crippen molar-refractivity contribution in [3.05, 3.63) is 52.8 Å². The summed E-state index contributed by atoms with van der Waals surface area (Å²) in [4.78, 5) is 7.29. The molecule has 2 aromatic heterocycles. The molecule has 7 heteroatoms. The SMILES string of the molecule is Cc1c(Cc2ccc([S@](C)=N)cc2)c(N(C)C)n2ncnc2c1C#N. The minimum Gasteiger partial charge on any atom is -0.362 e. The molecule has 0 saturated carbocycles. The van der Waals surface area contributed by atoms with Crippen LogP contribution in [0.4, 0.5) is 5.82 Å². The summed E-state index contributed by atoms with van der Waals surface area (Å²) in [6.45, 7) is 1.97. The van der Waals surface area contributed by atoms with E-state index in [-0.39, 0.29) is 0 Å². The van der Waals surface area contributed by atoms with E-state index in [1.165, 1.54) is 6.33 Å². The molecule has 0 aliphatic heterocycles. The number of aromatic nitrogens is 3. The van der Waals surface area contributed by atoms with Gasteiger partial charge in [-0.25, -0.2) is 4.98 Å². The fraction of sp³-hybridized carbons (Fsp3) is 0.278. The van der Waals surface area contributed by atoms with Gasteiger partial charge in [0.05, 0.1) is 0 Å². The third-order valence-corrected chi connectivity index (χ3v) is 5.24. The van der Waals surface area contributed by atoms with Crippen LogP contribution in [-0.2, 0) is 17.1 Å². The summed E-state index contributed by atoms with van der Waals surface area (Å²) in [5.41, 5.74) is 4.30. The van der Waals surface area contributed by atoms with Crippen molar-refractivity contribution in [1.29, 1.82) is 10.0 Å². The van der Waals surface area contributed by atoms with E-state index in [4.69, 9.17) is 4.78 Å². The average molecular weight is 352 g/mol. The highest BCUT2D eigenvalue weighted by atomic mass is 32.2. The molecule has 0 aliphatic rings. The Labute approximate surface area is 149 Å². The lowest BCUT2D eigenvalue weighted by Crippen LogP contribution is -2.18. The number of fused-ring (bicyclic) bond motifs is 1. The van der Waals surface area contributed by atoms with Crippen molar-refractivity contribution in [3.63, 3.8) is 0 Å². The number of nitrogens with zero attached hydrogens (tertiary/aromatic N) is 5. The van der Waals surface area contributed by atoms with Gasteiger partial charge in [-0.15, -0.1) is 0 Å². The van der Waals surface area contributed by atoms with Crippen molar-refractivity contribution in [2.45, 2.75) is 18.2 Å². The minimum atomic E-state index is -0.492. The van der Waals surface area contributed by atoms with E-state index >= 15 is 0 Å². The van der Waals surface area contributed by atoms with Crippen LogP contribution in [0.2, 0.25) is 0 Å². The zero-order valence-corrected chi connectivity index (χ0v) is 15.6. The number of nitrogens with one attached hydrogen (secondary N) is 1. The van der Waals surface area contributed by atoms with Gasteiger partial charge in [-0.2, -0.15) is 14.9 Å². The third kappa shape index (κ3) is 3.01. The summed E-state index contributed by atoms with van der Waals surface area (Å²) in [6.07, 6.45) is 4.07. The Hall–Kier alpha value is -2.72. The molecule has 3 rings (SSSR count). The monoisotopic (exact) mass is 352 g/mol. The summed E-state index contributed by atoms with van der Waals surface area (Å²) in [5.74, 6) is 0.934. The molecular formula is C18H20N6S. The lowest BCUT2D eigenvalue weighted by Gasteiger charge is -2.21. The Balaban J connectivity index is 2.17. The molecule has 0 aliphatic carbocycles. The van der Waals surface area contributed by atoms with E-state index in [2.05, 4.69) is 28.3 Å². The molecule has 6 nitrogen and oxygen atoms in total. The first-order valence-electron chi connectivity index (χ1n) is 7.82. The van der Waals surface area contributed by atoms with Crippen molar-refractivity contribution in [3.8, 4) is 6.07 Å². The highest BCUT2D eigenvalue weighted by Gasteiger charge is 2.20. The Kier molecular flexibility index (Phi) is 4.55. The largest absolute Gasteiger partial charge is 0.362 e. The Bertz CT molecular complexity index is 995. The fourth-order valence-electron chi connectivity index (χ4n) is 3.00. The molecule has 1 atom stereocenters. The van der Waals surface area contributed by atoms with Crippen molar-refractivity contribution in [2.24, 2.45) is 0 Å². The number of pyridine rings is 1. The van der Waals surface area contributed by atoms with E-state index < -0.39 is 10.7 Å². The van der Waals surface area contributed by atoms with Crippen molar-refractivity contribution < 1.29 is 0 Å². The molecule has 0 fully saturated rings. The summed E-state index contributed by atoms with van der Waals surface area (Å²) >= 11 is 0. The third-order valence-electron chi connectivity index (χ3n) is 4.26. The number of hydrogen-bond acceptors (Lipinski definition) is 5. The molecule has 128 valence electrons. The Morgan fingerprint density at radius 3 is 2.52 bits per heavy atom. The molecule has 0 bridgehead atoms. The minimum absolute atomic E-state index is 0.492. The van der Waals surface area contributed by atoms with Crippen LogP contribution < -0.4 is 4.90 Å². The predicted molar refractivity (Wildman–Crippen MR) is 100 cm³/mol. The maximum atomic E-state index is 9.59. The molecular weight excluding hydrogens is 332 g/mol. The number of rotatable bonds is 4. The van der Waals surface area contributed by atoms with Gasteiger partial charge >= 0.3 is 0 Å². The molecule has 0 amide bonds. The van der Waals surface area contributed by atoms with Crippen LogP contribution in [0, 0.1) is 23.0 Å². The van der Waals surface area contributed by atoms with E-state index in [9.17, 15) is 5.26 Å². The standard InChI is InChI=1S/C18H20N6S/c1-12-15(9-13-5-7-14(8-6-13)25(4)20)18(23(2)3)24-17(16(12)10-19)21-11-22-24/h5-8,11,20H,9H2,1-4H3/t25-/m0/s1. The molecule has 1 aromatic carbocycles. The maximum Gasteiger partial charge on any atom is 0.175 e. The number of nitriles is 1. The van der Waals surface area contributed by atoms with Crippen LogP contribution in [0.1, 0.15) is 22.3 Å². The van der Waals surface area contributed by atoms with Gasteiger partial charge in [-0.05, 0) is 36.4 Å². The second-order valence-electron chi connectivity index (χ2n) is 6.13. The first-order chi connectivity index (χ1) is 11.9. The van der Waals surface area contributed by atoms with Gasteiger partial charge in [0, 0.05) is 31.0 Å². The molecule has 3 aromatic rings. The first kappa shape index (κ1) is 17.1. The topological polar surface area (TPSA) is 81.1 Å². The summed E-state index contributed by atoms with van der Waals surface area (Å²) in [5, 5.41) is 13.9. The average Bonchev–Trinajstić information content (AvgIpc) is 3.04. The van der Waals surface area contributed by atoms with Gasteiger partial charge in [-0.3, -0.25) is 4.78 Å². The van der Waals surface area contributed by atoms with Gasteiger partial charge in [0.2, 0.25) is 0 Å². The molecule has 1 N–H and O–H groups in total. The lowest BCUT2D eigenvalue weighted by atomic mass is 9.98. The van der Waals surface area contributed by atoms with E-state index in [0.717, 1.165) is 27.4 Å². The lowest BCUT2D eigenvalue weighted by molar-refractivity contribution is 0.886. The van der Waals surface area contributed by atoms with Crippen LogP contribution in [0.25, 0.3) is 5.65 Å². The summed E-state index contributed by atoms with van der Waals surface area (Å²) < 4.78 is 9.57. The Morgan fingerprint density at radius 1 is 1.28 bits per heavy atom. The number of hydrogen-bond donors (Lipinski definition) is 1. The van der Waals surface area contributed by atoms with Gasteiger partial charge in [0.1, 0.15) is 23.8 Å². The zero-order valence-electron chi connectivity index (χ0n) is 14.7. The molecule has 0 spiro atoms. The molecule has 0 unspecified atom stereocenters. The van der Waals surface area contributed by atoms with Gasteiger partial charge in [0.25, 0.3) is 0 Å². The van der Waals surface area contributed by atoms with Crippen LogP contribution in [0.3, 0.4) is 0 Å². The predicted octanol–water partition coefficient (Wildman–Crippen LogP) is 2.94. The van der Waals surface area contributed by atoms with Crippen LogP contribution in [0.15, 0.2) is 35.5 Å². The second kappa shape index (κ2) is 6.65. The fourth-order valence-corrected chi connectivity index (χ4v) is 3.55. The van der Waals surface area contributed by atoms with Crippen LogP contribution >= 0.6 is 0 Å². The second-order valence-corrected chi connectivity index (χ2v) is 7.63.